The van der Waals surface area contributed by atoms with Crippen molar-refractivity contribution in [2.75, 3.05) is 43.6 Å². The first kappa shape index (κ1) is 57.2. The second-order valence-electron chi connectivity index (χ2n) is 24.6. The minimum Gasteiger partial charge on any atom is -0.507 e. The van der Waals surface area contributed by atoms with Gasteiger partial charge in [-0.15, -0.1) is 0 Å². The minimum absolute atomic E-state index is 0.0132. The van der Waals surface area contributed by atoms with Gasteiger partial charge in [0, 0.05) is 89.6 Å². The van der Waals surface area contributed by atoms with E-state index in [0.29, 0.717) is 62.2 Å². The van der Waals surface area contributed by atoms with Gasteiger partial charge in [0.15, 0.2) is 29.2 Å². The van der Waals surface area contributed by atoms with Crippen LogP contribution in [0.2, 0.25) is 0 Å². The number of Topliss-reactive ketones (excluding diaryl/α,β-unsaturated/α-hetero) is 2. The molecule has 11 rings (SSSR count). The molecule has 81 heavy (non-hydrogen) atoms. The van der Waals surface area contributed by atoms with E-state index in [-0.39, 0.29) is 59.7 Å². The Kier molecular flexibility index (Phi) is 17.4. The Morgan fingerprint density at radius 1 is 0.889 bits per heavy atom. The summed E-state index contributed by atoms with van der Waals surface area (Å²) in [4.78, 5) is 33.6. The fourth-order valence-electron chi connectivity index (χ4n) is 14.8. The molecule has 9 N–H and O–H groups in total. The number of aromatic amines is 1. The van der Waals surface area contributed by atoms with Crippen LogP contribution < -0.4 is 20.7 Å². The molecule has 2 fully saturated rings. The molecule has 4 heterocycles. The quantitative estimate of drug-likeness (QED) is 0.0469. The number of dihydropyridines is 1. The fourth-order valence-corrected chi connectivity index (χ4v) is 17.9. The Labute approximate surface area is 485 Å². The third kappa shape index (κ3) is 12.1. The van der Waals surface area contributed by atoms with Crippen molar-refractivity contribution in [2.45, 2.75) is 132 Å². The first-order chi connectivity index (χ1) is 39.2. The number of allylic oxidation sites excluding steroid dienone is 2. The Hall–Kier alpha value is -5.66. The average Bonchev–Trinajstić information content (AvgIpc) is 4.20. The van der Waals surface area contributed by atoms with Gasteiger partial charge in [-0.1, -0.05) is 115 Å². The second kappa shape index (κ2) is 24.7. The lowest BCUT2D eigenvalue weighted by atomic mass is 9.59. The Bertz CT molecular complexity index is 3240. The van der Waals surface area contributed by atoms with E-state index in [9.17, 15) is 30.3 Å². The van der Waals surface area contributed by atoms with Crippen molar-refractivity contribution in [1.82, 2.24) is 15.6 Å². The number of carbonyl (C=O) groups is 2. The van der Waals surface area contributed by atoms with Gasteiger partial charge in [-0.3, -0.25) is 9.59 Å². The fraction of sp³-hybridized carbons (Fsp3) is 0.493. The van der Waals surface area contributed by atoms with Crippen LogP contribution in [0.1, 0.15) is 124 Å². The van der Waals surface area contributed by atoms with Crippen LogP contribution in [0, 0.1) is 47.3 Å². The predicted molar refractivity (Wildman–Crippen MR) is 325 cm³/mol. The van der Waals surface area contributed by atoms with Crippen LogP contribution in [-0.2, 0) is 33.3 Å². The first-order valence-electron chi connectivity index (χ1n) is 29.6. The summed E-state index contributed by atoms with van der Waals surface area (Å²) in [6.45, 7) is 6.00. The van der Waals surface area contributed by atoms with Crippen molar-refractivity contribution in [2.24, 2.45) is 35.5 Å². The van der Waals surface area contributed by atoms with E-state index >= 15 is 4.79 Å². The lowest BCUT2D eigenvalue weighted by molar-refractivity contribution is -0.142. The third-order valence-corrected chi connectivity index (χ3v) is 21.9. The maximum absolute atomic E-state index is 15.4. The number of aryl methyl sites for hydroxylation is 1. The van der Waals surface area contributed by atoms with Gasteiger partial charge < -0.3 is 51.2 Å². The Balaban J connectivity index is 1.06. The zero-order valence-corrected chi connectivity index (χ0v) is 48.6. The number of ether oxygens (including phenoxy) is 1. The van der Waals surface area contributed by atoms with Crippen molar-refractivity contribution in [3.63, 3.8) is 0 Å². The normalized spacial score (nSPS) is 31.3. The van der Waals surface area contributed by atoms with Crippen molar-refractivity contribution in [1.29, 1.82) is 0 Å². The van der Waals surface area contributed by atoms with Gasteiger partial charge in [-0.25, -0.2) is 0 Å². The number of aliphatic hydroxyl groups excluding tert-OH is 3. The zero-order valence-electron chi connectivity index (χ0n) is 47.0. The molecule has 4 aromatic carbocycles. The minimum atomic E-state index is -1.85. The van der Waals surface area contributed by atoms with Crippen LogP contribution >= 0.6 is 21.6 Å². The number of fused-ring (bicyclic) bond motifs is 8. The van der Waals surface area contributed by atoms with Crippen molar-refractivity contribution in [3.8, 4) is 29.1 Å². The number of hydrogen-bond acceptors (Lipinski definition) is 13. The van der Waals surface area contributed by atoms with Crippen LogP contribution in [0.4, 0.5) is 5.69 Å². The molecule has 1 aromatic heterocycles. The summed E-state index contributed by atoms with van der Waals surface area (Å²) in [5.41, 5.74) is 6.26. The molecule has 14 heteroatoms. The van der Waals surface area contributed by atoms with Gasteiger partial charge in [-0.05, 0) is 157 Å². The molecule has 3 aliphatic carbocycles. The molecule has 12 atom stereocenters. The molecule has 12 bridgehead atoms. The zero-order chi connectivity index (χ0) is 56.4. The van der Waals surface area contributed by atoms with Gasteiger partial charge in [0.2, 0.25) is 0 Å². The summed E-state index contributed by atoms with van der Waals surface area (Å²) in [5, 5.41) is 72.9. The van der Waals surface area contributed by atoms with Crippen LogP contribution in [-0.4, -0.2) is 98.6 Å². The van der Waals surface area contributed by atoms with E-state index < -0.39 is 53.0 Å². The van der Waals surface area contributed by atoms with Crippen LogP contribution in [0.5, 0.6) is 17.2 Å². The molecule has 6 aliphatic rings. The summed E-state index contributed by atoms with van der Waals surface area (Å²) in [6, 6.07) is 25.6. The number of carbonyl (C=O) groups excluding carboxylic acids is 2. The Morgan fingerprint density at radius 2 is 1.73 bits per heavy atom. The largest absolute Gasteiger partial charge is 0.507 e. The summed E-state index contributed by atoms with van der Waals surface area (Å²) in [7, 11) is 5.31. The van der Waals surface area contributed by atoms with Gasteiger partial charge in [0.1, 0.15) is 11.6 Å². The number of aromatic hydroxyl groups is 2. The molecule has 0 saturated heterocycles. The third-order valence-electron chi connectivity index (χ3n) is 19.1. The van der Waals surface area contributed by atoms with Crippen LogP contribution in [0.25, 0.3) is 10.8 Å². The summed E-state index contributed by atoms with van der Waals surface area (Å²) < 4.78 is 5.56. The summed E-state index contributed by atoms with van der Waals surface area (Å²) in [6.07, 6.45) is 11.1. The smallest absolute Gasteiger partial charge is 0.173 e. The lowest BCUT2D eigenvalue weighted by Gasteiger charge is -2.48. The number of H-pyrrole nitrogens is 1. The highest BCUT2D eigenvalue weighted by Gasteiger charge is 2.51. The molecule has 0 radical (unpaired) electrons. The first-order valence-corrected chi connectivity index (χ1v) is 32.1. The molecular weight excluding hydrogens is 1050 g/mol. The van der Waals surface area contributed by atoms with Gasteiger partial charge in [-0.2, -0.15) is 0 Å². The highest BCUT2D eigenvalue weighted by Crippen LogP contribution is 2.53. The number of aromatic nitrogens is 1. The van der Waals surface area contributed by atoms with E-state index in [0.717, 1.165) is 100 Å². The number of β-amino-alcohol motifs (C(OH)–C–C–N with tert-alkyl or cyclic N) is 1. The van der Waals surface area contributed by atoms with Crippen molar-refractivity contribution in [3.05, 3.63) is 142 Å². The molecule has 428 valence electrons. The number of ketones is 2. The molecule has 12 nitrogen and oxygen atoms in total. The number of anilines is 1. The standard InChI is InChI=1S/C67H80N4O8S2/c1-4-9-53-48-26-42(25-45-16-19-52(43-11-6-5-7-12-43)54-33-58(74)59(79-3)30-46(54)17-20-57(73)64(77)63(76)55(45)29-48)24-40-21-23-69-61(27-40)71-50-18-15-44-13-14-47(62(75)56(44)32-50)28-51(72)36-68-38-66(2)39-81-80-37-41-10-8-22-67(34-41,65(53)78)60-31-49(66)35-70-60/h5-7,11-15,18,21,27,30-33,35,41-42,45,48,51-53,55,64-65,68-72,74-75,77-78H,4,8-10,17,20,22-26,28-29,34,36-39H2,1-3H3. The molecule has 3 aliphatic heterocycles. The van der Waals surface area contributed by atoms with Gasteiger partial charge in [0.05, 0.1) is 25.2 Å². The van der Waals surface area contributed by atoms with E-state index in [4.69, 9.17) is 4.74 Å². The van der Waals surface area contributed by atoms with E-state index in [1.54, 1.807) is 12.1 Å². The molecule has 5 aromatic rings. The number of phenols is 2. The highest BCUT2D eigenvalue weighted by atomic mass is 33.1. The second-order valence-corrected chi connectivity index (χ2v) is 27.2. The van der Waals surface area contributed by atoms with E-state index in [1.807, 2.05) is 82.3 Å². The number of hydrogen-bond donors (Lipinski definition) is 9. The summed E-state index contributed by atoms with van der Waals surface area (Å²) >= 11 is 0. The molecule has 2 saturated carbocycles. The number of methoxy groups -OCH3 is 1. The van der Waals surface area contributed by atoms with E-state index in [2.05, 4.69) is 71.0 Å². The van der Waals surface area contributed by atoms with E-state index in [1.165, 1.54) is 7.11 Å². The van der Waals surface area contributed by atoms with Crippen molar-refractivity contribution >= 4 is 49.6 Å². The number of rotatable bonds is 4. The predicted octanol–water partition coefficient (Wildman–Crippen LogP) is 10.8. The summed E-state index contributed by atoms with van der Waals surface area (Å²) in [5.74, 6) is 7.47. The van der Waals surface area contributed by atoms with Gasteiger partial charge >= 0.3 is 0 Å². The topological polar surface area (TPSA) is 196 Å². The molecular formula is C67H80N4O8S2. The average molecular weight is 1130 g/mol. The molecule has 1 spiro atoms. The lowest BCUT2D eigenvalue weighted by Crippen LogP contribution is -2.50. The maximum atomic E-state index is 15.4. The monoisotopic (exact) mass is 1130 g/mol. The highest BCUT2D eigenvalue weighted by molar-refractivity contribution is 8.76. The van der Waals surface area contributed by atoms with Crippen LogP contribution in [0.3, 0.4) is 0 Å². The maximum Gasteiger partial charge on any atom is 0.173 e. The van der Waals surface area contributed by atoms with Crippen molar-refractivity contribution < 1.29 is 39.9 Å². The van der Waals surface area contributed by atoms with Crippen LogP contribution in [0.15, 0.2) is 109 Å². The Morgan fingerprint density at radius 3 is 2.56 bits per heavy atom. The number of aliphatic hydroxyl groups is 3. The molecule has 0 amide bonds. The number of benzene rings is 4. The molecule has 12 unspecified atom stereocenters. The number of phenolic OH excluding ortho intramolecular Hbond substituents is 2. The SMILES string of the molecule is CCCC1C2CC(CC3=CCNC(=C3)Nc3ccc4ccc(c(O)c4c3)CC(O)CNCC3(C)CSSCC4CCCC(C4)(c4cc3c[nH]4)C1O)CC1C#CC(c3ccccc3)c3cc(O)c(OC)cc3CCC(=O)C(O)C(=O)C1C2. The number of nitrogens with one attached hydrogen (secondary N) is 4. The van der Waals surface area contributed by atoms with Gasteiger partial charge in [0.25, 0.3) is 0 Å².